The number of hydrogen-bond acceptors (Lipinski definition) is 0. The quantitative estimate of drug-likeness (QED) is 0.202. The van der Waals surface area contributed by atoms with E-state index in [1.807, 2.05) is 0 Å². The second kappa shape index (κ2) is 8.72. The van der Waals surface area contributed by atoms with Crippen molar-refractivity contribution in [2.24, 2.45) is 0 Å². The van der Waals surface area contributed by atoms with Gasteiger partial charge in [0.2, 0.25) is 0 Å². The Hall–Kier alpha value is -4.60. The Morgan fingerprint density at radius 2 is 0.897 bits per heavy atom. The lowest BCUT2D eigenvalue weighted by molar-refractivity contribution is 1.15. The molecule has 0 aliphatic rings. The second-order valence-electron chi connectivity index (χ2n) is 9.96. The smallest absolute Gasteiger partial charge is 0.0788 e. The van der Waals surface area contributed by atoms with Gasteiger partial charge in [-0.1, -0.05) is 113 Å². The van der Waals surface area contributed by atoms with Gasteiger partial charge in [-0.15, -0.1) is 0 Å². The van der Waals surface area contributed by atoms with Gasteiger partial charge in [-0.2, -0.15) is 0 Å². The largest absolute Gasteiger partial charge is 0.307 e. The Balaban J connectivity index is 1.57. The third-order valence-electron chi connectivity index (χ3n) is 7.75. The molecule has 0 fully saturated rings. The van der Waals surface area contributed by atoms with E-state index in [0.717, 1.165) is 15.8 Å². The molecule has 0 saturated carbocycles. The summed E-state index contributed by atoms with van der Waals surface area (Å²) < 4.78 is 5.94. The maximum atomic E-state index is 3.72. The van der Waals surface area contributed by atoms with Gasteiger partial charge in [0.15, 0.2) is 0 Å². The number of halogens is 1. The Morgan fingerprint density at radius 1 is 0.385 bits per heavy atom. The first-order valence-electron chi connectivity index (χ1n) is 13.1. The van der Waals surface area contributed by atoms with E-state index >= 15 is 0 Å². The second-order valence-corrected chi connectivity index (χ2v) is 10.9. The zero-order chi connectivity index (χ0) is 25.9. The number of nitrogens with zero attached hydrogens (tertiary/aromatic N) is 2. The molecule has 0 radical (unpaired) electrons. The summed E-state index contributed by atoms with van der Waals surface area (Å²) in [7, 11) is 0. The third-order valence-corrected chi connectivity index (χ3v) is 8.24. The Labute approximate surface area is 234 Å². The van der Waals surface area contributed by atoms with Crippen molar-refractivity contribution in [1.29, 1.82) is 0 Å². The van der Waals surface area contributed by atoms with Crippen molar-refractivity contribution in [2.45, 2.75) is 0 Å². The minimum Gasteiger partial charge on any atom is -0.307 e. The van der Waals surface area contributed by atoms with E-state index in [1.165, 1.54) is 54.7 Å². The number of rotatable bonds is 3. The molecule has 0 amide bonds. The predicted octanol–water partition coefficient (Wildman–Crippen LogP) is 10.3. The van der Waals surface area contributed by atoms with Crippen LogP contribution in [-0.2, 0) is 0 Å². The average molecular weight is 563 g/mol. The van der Waals surface area contributed by atoms with Crippen LogP contribution in [0, 0.1) is 0 Å². The molecular formula is C36H23BrN2. The SMILES string of the molecule is Brc1cccc(-n2c3ccccc3c3ccc4c5ccccc5n(-c5cccc(-c6ccccc6)c5)c4c32)c1. The van der Waals surface area contributed by atoms with Gasteiger partial charge in [0, 0.05) is 37.4 Å². The van der Waals surface area contributed by atoms with Crippen LogP contribution in [0.25, 0.3) is 66.1 Å². The topological polar surface area (TPSA) is 9.86 Å². The molecule has 6 aromatic carbocycles. The fourth-order valence-electron chi connectivity index (χ4n) is 6.11. The van der Waals surface area contributed by atoms with Crippen LogP contribution in [0.5, 0.6) is 0 Å². The summed E-state index contributed by atoms with van der Waals surface area (Å²) in [6, 6.07) is 50.2. The van der Waals surface area contributed by atoms with E-state index in [0.29, 0.717) is 0 Å². The zero-order valence-electron chi connectivity index (χ0n) is 21.1. The van der Waals surface area contributed by atoms with Crippen LogP contribution in [-0.4, -0.2) is 9.13 Å². The molecule has 39 heavy (non-hydrogen) atoms. The number of hydrogen-bond donors (Lipinski definition) is 0. The van der Waals surface area contributed by atoms with Crippen LogP contribution in [0.1, 0.15) is 0 Å². The molecule has 0 bridgehead atoms. The molecule has 0 aliphatic carbocycles. The highest BCUT2D eigenvalue weighted by Crippen LogP contribution is 2.42. The summed E-state index contributed by atoms with van der Waals surface area (Å²) >= 11 is 3.72. The summed E-state index contributed by atoms with van der Waals surface area (Å²) in [5.74, 6) is 0. The lowest BCUT2D eigenvalue weighted by Gasteiger charge is -2.13. The summed E-state index contributed by atoms with van der Waals surface area (Å²) in [5.41, 5.74) is 9.55. The van der Waals surface area contributed by atoms with Crippen molar-refractivity contribution >= 4 is 59.5 Å². The van der Waals surface area contributed by atoms with E-state index in [4.69, 9.17) is 0 Å². The lowest BCUT2D eigenvalue weighted by atomic mass is 10.1. The molecule has 2 nitrogen and oxygen atoms in total. The first kappa shape index (κ1) is 22.4. The molecule has 2 aromatic heterocycles. The van der Waals surface area contributed by atoms with Crippen molar-refractivity contribution in [1.82, 2.24) is 9.13 Å². The predicted molar refractivity (Wildman–Crippen MR) is 168 cm³/mol. The van der Waals surface area contributed by atoms with Gasteiger partial charge in [-0.05, 0) is 53.6 Å². The lowest BCUT2D eigenvalue weighted by Crippen LogP contribution is -1.99. The zero-order valence-corrected chi connectivity index (χ0v) is 22.6. The van der Waals surface area contributed by atoms with Gasteiger partial charge in [0.25, 0.3) is 0 Å². The van der Waals surface area contributed by atoms with Gasteiger partial charge in [-0.25, -0.2) is 0 Å². The Bertz CT molecular complexity index is 2180. The van der Waals surface area contributed by atoms with Crippen LogP contribution in [0.15, 0.2) is 144 Å². The normalized spacial score (nSPS) is 11.7. The van der Waals surface area contributed by atoms with Crippen LogP contribution >= 0.6 is 15.9 Å². The van der Waals surface area contributed by atoms with E-state index in [-0.39, 0.29) is 0 Å². The molecule has 8 rings (SSSR count). The van der Waals surface area contributed by atoms with Crippen molar-refractivity contribution in [2.75, 3.05) is 0 Å². The van der Waals surface area contributed by atoms with Gasteiger partial charge in [0.05, 0.1) is 22.1 Å². The monoisotopic (exact) mass is 562 g/mol. The molecule has 0 saturated heterocycles. The number of benzene rings is 6. The fourth-order valence-corrected chi connectivity index (χ4v) is 6.49. The summed E-state index contributed by atoms with van der Waals surface area (Å²) in [5, 5.41) is 5.01. The van der Waals surface area contributed by atoms with Gasteiger partial charge in [0.1, 0.15) is 0 Å². The van der Waals surface area contributed by atoms with Crippen molar-refractivity contribution in [3.8, 4) is 22.5 Å². The molecule has 184 valence electrons. The average Bonchev–Trinajstić information content (AvgIpc) is 3.51. The minimum atomic E-state index is 1.06. The Kier molecular flexibility index (Phi) is 5.01. The standard InChI is InChI=1S/C36H23BrN2/c37-26-13-9-15-28(23-26)39-34-19-7-5-17-30(34)32-21-20-31-29-16-4-6-18-33(29)38(35(31)36(32)39)27-14-8-12-25(22-27)24-10-2-1-3-11-24/h1-23H. The van der Waals surface area contributed by atoms with Crippen molar-refractivity contribution in [3.05, 3.63) is 144 Å². The fraction of sp³-hybridized carbons (Fsp3) is 0. The van der Waals surface area contributed by atoms with Gasteiger partial charge in [-0.3, -0.25) is 0 Å². The molecule has 3 heteroatoms. The molecule has 0 atom stereocenters. The van der Waals surface area contributed by atoms with Crippen LogP contribution in [0.3, 0.4) is 0 Å². The molecule has 0 spiro atoms. The van der Waals surface area contributed by atoms with E-state index in [2.05, 4.69) is 165 Å². The van der Waals surface area contributed by atoms with E-state index in [9.17, 15) is 0 Å². The van der Waals surface area contributed by atoms with Crippen LogP contribution < -0.4 is 0 Å². The molecule has 0 N–H and O–H groups in total. The third kappa shape index (κ3) is 3.40. The summed E-state index contributed by atoms with van der Waals surface area (Å²) in [6.07, 6.45) is 0. The van der Waals surface area contributed by atoms with Crippen LogP contribution in [0.4, 0.5) is 0 Å². The van der Waals surface area contributed by atoms with E-state index in [1.54, 1.807) is 0 Å². The maximum absolute atomic E-state index is 3.72. The van der Waals surface area contributed by atoms with Crippen LogP contribution in [0.2, 0.25) is 0 Å². The minimum absolute atomic E-state index is 1.06. The summed E-state index contributed by atoms with van der Waals surface area (Å²) in [4.78, 5) is 0. The number of fused-ring (bicyclic) bond motifs is 7. The molecule has 0 unspecified atom stereocenters. The first-order valence-corrected chi connectivity index (χ1v) is 13.9. The molecule has 8 aromatic rings. The highest BCUT2D eigenvalue weighted by atomic mass is 79.9. The van der Waals surface area contributed by atoms with Crippen molar-refractivity contribution in [3.63, 3.8) is 0 Å². The number of para-hydroxylation sites is 2. The first-order chi connectivity index (χ1) is 19.3. The highest BCUT2D eigenvalue weighted by molar-refractivity contribution is 9.10. The molecule has 0 aliphatic heterocycles. The summed E-state index contributed by atoms with van der Waals surface area (Å²) in [6.45, 7) is 0. The van der Waals surface area contributed by atoms with Gasteiger partial charge >= 0.3 is 0 Å². The number of aromatic nitrogens is 2. The highest BCUT2D eigenvalue weighted by Gasteiger charge is 2.21. The van der Waals surface area contributed by atoms with Crippen molar-refractivity contribution < 1.29 is 0 Å². The Morgan fingerprint density at radius 3 is 1.51 bits per heavy atom. The molecular weight excluding hydrogens is 540 g/mol. The molecule has 2 heterocycles. The maximum Gasteiger partial charge on any atom is 0.0788 e. The van der Waals surface area contributed by atoms with E-state index < -0.39 is 0 Å². The van der Waals surface area contributed by atoms with Gasteiger partial charge < -0.3 is 9.13 Å².